The van der Waals surface area contributed by atoms with Gasteiger partial charge in [0, 0.05) is 29.0 Å². The summed E-state index contributed by atoms with van der Waals surface area (Å²) in [5, 5.41) is 3.94. The van der Waals surface area contributed by atoms with Crippen LogP contribution in [0.3, 0.4) is 0 Å². The number of nitrogens with zero attached hydrogens (tertiary/aromatic N) is 4. The molecule has 0 saturated carbocycles. The first-order valence-electron chi connectivity index (χ1n) is 9.05. The molecule has 0 spiro atoms. The van der Waals surface area contributed by atoms with E-state index >= 15 is 0 Å². The van der Waals surface area contributed by atoms with Gasteiger partial charge in [-0.25, -0.2) is 17.9 Å². The van der Waals surface area contributed by atoms with E-state index in [-0.39, 0.29) is 24.3 Å². The van der Waals surface area contributed by atoms with Gasteiger partial charge in [-0.1, -0.05) is 0 Å². The Bertz CT molecular complexity index is 1160. The lowest BCUT2D eigenvalue weighted by molar-refractivity contribution is -0.138. The molecule has 0 radical (unpaired) electrons. The molecule has 3 aromatic heterocycles. The van der Waals surface area contributed by atoms with Gasteiger partial charge in [0.25, 0.3) is 0 Å². The van der Waals surface area contributed by atoms with Crippen molar-refractivity contribution in [2.75, 3.05) is 13.1 Å². The van der Waals surface area contributed by atoms with Gasteiger partial charge in [0.1, 0.15) is 6.33 Å². The Balaban J connectivity index is 1.61. The Morgan fingerprint density at radius 3 is 2.45 bits per heavy atom. The van der Waals surface area contributed by atoms with E-state index in [9.17, 15) is 21.6 Å². The van der Waals surface area contributed by atoms with Crippen LogP contribution in [0.5, 0.6) is 0 Å². The smallest absolute Gasteiger partial charge is 0.221 e. The molecule has 4 heterocycles. The fraction of sp³-hybridized carbons (Fsp3) is 0.444. The summed E-state index contributed by atoms with van der Waals surface area (Å²) >= 11 is 1.42. The maximum absolute atomic E-state index is 13.6. The Morgan fingerprint density at radius 2 is 1.86 bits per heavy atom. The Labute approximate surface area is 170 Å². The third kappa shape index (κ3) is 3.66. The number of thiophene rings is 1. The second-order valence-corrected chi connectivity index (χ2v) is 10.5. The fourth-order valence-corrected chi connectivity index (χ4v) is 6.85. The van der Waals surface area contributed by atoms with Gasteiger partial charge in [-0.3, -0.25) is 0 Å². The number of rotatable bonds is 3. The number of sulfonamides is 1. The molecule has 0 unspecified atom stereocenters. The lowest BCUT2D eigenvalue weighted by Gasteiger charge is -2.32. The van der Waals surface area contributed by atoms with Crippen LogP contribution in [0, 0.1) is 13.8 Å². The standard InChI is InChI=1S/C18H19F3N4O2S2/c1-11-7-16(12(2)28-11)29(26,27)24-5-3-13(4-6-24)14-9-25-17(22-10-23-25)8-15(14)18(19,20)21/h7-10,13H,3-6H2,1-2H3. The van der Waals surface area contributed by atoms with E-state index in [1.807, 2.05) is 6.92 Å². The normalized spacial score (nSPS) is 17.3. The molecule has 4 rings (SSSR count). The molecule has 1 aliphatic rings. The van der Waals surface area contributed by atoms with Crippen molar-refractivity contribution in [3.05, 3.63) is 45.5 Å². The maximum atomic E-state index is 13.6. The number of alkyl halides is 3. The van der Waals surface area contributed by atoms with Crippen LogP contribution in [-0.2, 0) is 16.2 Å². The number of pyridine rings is 1. The lowest BCUT2D eigenvalue weighted by Crippen LogP contribution is -2.38. The summed E-state index contributed by atoms with van der Waals surface area (Å²) < 4.78 is 69.4. The second-order valence-electron chi connectivity index (χ2n) is 7.16. The molecule has 11 heteroatoms. The quantitative estimate of drug-likeness (QED) is 0.613. The number of halogens is 3. The molecule has 0 atom stereocenters. The SMILES string of the molecule is Cc1cc(S(=O)(=O)N2CCC(c3cn4ncnc4cc3C(F)(F)F)CC2)c(C)s1. The van der Waals surface area contributed by atoms with Crippen molar-refractivity contribution in [2.45, 2.75) is 43.7 Å². The van der Waals surface area contributed by atoms with Gasteiger partial charge in [-0.05, 0) is 50.3 Å². The minimum atomic E-state index is -4.52. The molecule has 6 nitrogen and oxygen atoms in total. The van der Waals surface area contributed by atoms with Gasteiger partial charge in [0.05, 0.1) is 10.5 Å². The molecule has 0 aromatic carbocycles. The summed E-state index contributed by atoms with van der Waals surface area (Å²) in [7, 11) is -3.65. The van der Waals surface area contributed by atoms with Crippen LogP contribution >= 0.6 is 11.3 Å². The summed E-state index contributed by atoms with van der Waals surface area (Å²) in [5.74, 6) is -0.406. The van der Waals surface area contributed by atoms with Crippen molar-refractivity contribution < 1.29 is 21.6 Å². The summed E-state index contributed by atoms with van der Waals surface area (Å²) in [6.07, 6.45) is -1.32. The van der Waals surface area contributed by atoms with Crippen LogP contribution in [0.2, 0.25) is 0 Å². The summed E-state index contributed by atoms with van der Waals surface area (Å²) in [6, 6.07) is 2.66. The van der Waals surface area contributed by atoms with E-state index in [1.165, 1.54) is 32.7 Å². The van der Waals surface area contributed by atoms with Crippen LogP contribution in [0.25, 0.3) is 5.65 Å². The van der Waals surface area contributed by atoms with Gasteiger partial charge in [-0.2, -0.15) is 22.6 Å². The zero-order valence-electron chi connectivity index (χ0n) is 15.8. The predicted octanol–water partition coefficient (Wildman–Crippen LogP) is 3.99. The summed E-state index contributed by atoms with van der Waals surface area (Å²) in [4.78, 5) is 5.75. The van der Waals surface area contributed by atoms with Crippen LogP contribution < -0.4 is 0 Å². The van der Waals surface area contributed by atoms with Crippen LogP contribution in [0.4, 0.5) is 13.2 Å². The minimum Gasteiger partial charge on any atom is -0.221 e. The zero-order valence-corrected chi connectivity index (χ0v) is 17.4. The van der Waals surface area contributed by atoms with E-state index in [2.05, 4.69) is 10.1 Å². The molecule has 0 aliphatic carbocycles. The average Bonchev–Trinajstić information content (AvgIpc) is 3.25. The lowest BCUT2D eigenvalue weighted by atomic mass is 9.88. The van der Waals surface area contributed by atoms with E-state index in [0.717, 1.165) is 15.8 Å². The summed E-state index contributed by atoms with van der Waals surface area (Å²) in [5.41, 5.74) is -0.469. The van der Waals surface area contributed by atoms with E-state index in [1.54, 1.807) is 13.0 Å². The monoisotopic (exact) mass is 444 g/mol. The number of aromatic nitrogens is 3. The van der Waals surface area contributed by atoms with Gasteiger partial charge >= 0.3 is 6.18 Å². The van der Waals surface area contributed by atoms with Crippen LogP contribution in [0.15, 0.2) is 29.6 Å². The number of piperidine rings is 1. The Kier molecular flexibility index (Phi) is 4.94. The van der Waals surface area contributed by atoms with Crippen molar-refractivity contribution in [2.24, 2.45) is 0 Å². The third-order valence-corrected chi connectivity index (χ3v) is 8.38. The number of fused-ring (bicyclic) bond motifs is 1. The molecule has 1 fully saturated rings. The first-order valence-corrected chi connectivity index (χ1v) is 11.3. The second kappa shape index (κ2) is 7.06. The first-order chi connectivity index (χ1) is 13.6. The van der Waals surface area contributed by atoms with E-state index < -0.39 is 27.7 Å². The highest BCUT2D eigenvalue weighted by atomic mass is 32.2. The zero-order chi connectivity index (χ0) is 21.0. The van der Waals surface area contributed by atoms with Crippen LogP contribution in [0.1, 0.15) is 39.6 Å². The van der Waals surface area contributed by atoms with Gasteiger partial charge in [0.2, 0.25) is 10.0 Å². The molecule has 29 heavy (non-hydrogen) atoms. The van der Waals surface area contributed by atoms with Crippen LogP contribution in [-0.4, -0.2) is 40.4 Å². The predicted molar refractivity (Wildman–Crippen MR) is 103 cm³/mol. The Morgan fingerprint density at radius 1 is 1.17 bits per heavy atom. The fourth-order valence-electron chi connectivity index (χ4n) is 3.86. The third-order valence-electron chi connectivity index (χ3n) is 5.26. The number of hydrogen-bond donors (Lipinski definition) is 0. The molecule has 3 aromatic rings. The molecule has 1 aliphatic heterocycles. The summed E-state index contributed by atoms with van der Waals surface area (Å²) in [6.45, 7) is 3.96. The largest absolute Gasteiger partial charge is 0.416 e. The average molecular weight is 445 g/mol. The van der Waals surface area contributed by atoms with Gasteiger partial charge in [0.15, 0.2) is 5.65 Å². The highest BCUT2D eigenvalue weighted by molar-refractivity contribution is 7.89. The highest BCUT2D eigenvalue weighted by Gasteiger charge is 2.38. The molecule has 1 saturated heterocycles. The number of hydrogen-bond acceptors (Lipinski definition) is 5. The Hall–Kier alpha value is -1.98. The highest BCUT2D eigenvalue weighted by Crippen LogP contribution is 2.40. The van der Waals surface area contributed by atoms with Crippen molar-refractivity contribution in [1.82, 2.24) is 18.9 Å². The van der Waals surface area contributed by atoms with Crippen molar-refractivity contribution in [3.8, 4) is 0 Å². The number of aryl methyl sites for hydroxylation is 2. The maximum Gasteiger partial charge on any atom is 0.416 e. The molecular weight excluding hydrogens is 425 g/mol. The first kappa shape index (κ1) is 20.3. The molecular formula is C18H19F3N4O2S2. The molecule has 0 N–H and O–H groups in total. The molecule has 0 bridgehead atoms. The van der Waals surface area contributed by atoms with Crippen molar-refractivity contribution in [3.63, 3.8) is 0 Å². The molecule has 0 amide bonds. The van der Waals surface area contributed by atoms with E-state index in [0.29, 0.717) is 17.7 Å². The molecule has 156 valence electrons. The topological polar surface area (TPSA) is 67.6 Å². The van der Waals surface area contributed by atoms with Crippen molar-refractivity contribution in [1.29, 1.82) is 0 Å². The van der Waals surface area contributed by atoms with Gasteiger partial charge < -0.3 is 0 Å². The van der Waals surface area contributed by atoms with Crippen molar-refractivity contribution >= 4 is 27.0 Å². The minimum absolute atomic E-state index is 0.129. The van der Waals surface area contributed by atoms with Gasteiger partial charge in [-0.15, -0.1) is 11.3 Å². The van der Waals surface area contributed by atoms with E-state index in [4.69, 9.17) is 0 Å².